The second-order valence-electron chi connectivity index (χ2n) is 7.47. The number of rotatable bonds is 4. The van der Waals surface area contributed by atoms with Gasteiger partial charge in [0.25, 0.3) is 0 Å². The number of anilines is 1. The van der Waals surface area contributed by atoms with E-state index in [4.69, 9.17) is 0 Å². The molecule has 4 nitrogen and oxygen atoms in total. The number of hydrazone groups is 1. The first-order valence-electron chi connectivity index (χ1n) is 9.97. The van der Waals surface area contributed by atoms with Crippen molar-refractivity contribution >= 4 is 55.0 Å². The number of hydrogen-bond acceptors (Lipinski definition) is 5. The van der Waals surface area contributed by atoms with Crippen LogP contribution in [-0.4, -0.2) is 16.3 Å². The van der Waals surface area contributed by atoms with Crippen LogP contribution in [0.15, 0.2) is 89.3 Å². The van der Waals surface area contributed by atoms with Gasteiger partial charge in [0, 0.05) is 16.5 Å². The van der Waals surface area contributed by atoms with E-state index in [1.165, 1.54) is 43.7 Å². The monoisotopic (exact) mass is 419 g/mol. The van der Waals surface area contributed by atoms with Gasteiger partial charge in [-0.1, -0.05) is 66.7 Å². The topological polar surface area (TPSA) is 57.5 Å². The summed E-state index contributed by atoms with van der Waals surface area (Å²) in [5, 5.41) is 24.3. The number of phenolic OH excluding ortho intramolecular Hbond substituents is 1. The number of hydrogen-bond donors (Lipinski definition) is 2. The van der Waals surface area contributed by atoms with Gasteiger partial charge < -0.3 is 5.11 Å². The fourth-order valence-corrected chi connectivity index (χ4v) is 4.82. The zero-order valence-corrected chi connectivity index (χ0v) is 17.2. The van der Waals surface area contributed by atoms with E-state index in [1.807, 2.05) is 23.7 Å². The van der Waals surface area contributed by atoms with Gasteiger partial charge in [-0.2, -0.15) is 5.10 Å². The van der Waals surface area contributed by atoms with Crippen molar-refractivity contribution in [2.24, 2.45) is 5.10 Å². The molecule has 0 spiro atoms. The summed E-state index contributed by atoms with van der Waals surface area (Å²) in [6.07, 6.45) is 1.85. The number of thiazole rings is 1. The number of aromatic hydroxyl groups is 1. The highest BCUT2D eigenvalue weighted by Crippen LogP contribution is 2.35. The van der Waals surface area contributed by atoms with Gasteiger partial charge >= 0.3 is 0 Å². The van der Waals surface area contributed by atoms with Gasteiger partial charge in [-0.25, -0.2) is 4.98 Å². The van der Waals surface area contributed by atoms with E-state index in [0.29, 0.717) is 5.13 Å². The molecule has 0 aliphatic heterocycles. The Morgan fingerprint density at radius 2 is 1.58 bits per heavy atom. The van der Waals surface area contributed by atoms with E-state index in [-0.39, 0.29) is 5.75 Å². The lowest BCUT2D eigenvalue weighted by Gasteiger charge is -2.12. The van der Waals surface area contributed by atoms with Crippen molar-refractivity contribution in [3.8, 4) is 17.0 Å². The van der Waals surface area contributed by atoms with Crippen molar-refractivity contribution in [1.29, 1.82) is 0 Å². The minimum atomic E-state index is 0.229. The number of aromatic nitrogens is 1. The highest BCUT2D eigenvalue weighted by Gasteiger charge is 2.10. The minimum absolute atomic E-state index is 0.229. The lowest BCUT2D eigenvalue weighted by atomic mass is 9.92. The molecule has 0 fully saturated rings. The minimum Gasteiger partial charge on any atom is -0.508 e. The second-order valence-corrected chi connectivity index (χ2v) is 8.33. The lowest BCUT2D eigenvalue weighted by Crippen LogP contribution is -1.92. The molecule has 31 heavy (non-hydrogen) atoms. The van der Waals surface area contributed by atoms with Crippen LogP contribution in [0.1, 0.15) is 5.56 Å². The molecule has 1 heterocycles. The summed E-state index contributed by atoms with van der Waals surface area (Å²) in [6.45, 7) is 0. The summed E-state index contributed by atoms with van der Waals surface area (Å²) in [6, 6.07) is 26.5. The normalized spacial score (nSPS) is 11.9. The van der Waals surface area contributed by atoms with Crippen LogP contribution in [-0.2, 0) is 0 Å². The van der Waals surface area contributed by atoms with Crippen molar-refractivity contribution in [3.05, 3.63) is 89.8 Å². The fourth-order valence-electron chi connectivity index (χ4n) is 4.15. The van der Waals surface area contributed by atoms with Gasteiger partial charge in [-0.05, 0) is 44.5 Å². The Labute approximate surface area is 182 Å². The third kappa shape index (κ3) is 3.07. The molecule has 5 aromatic carbocycles. The molecule has 0 saturated heterocycles. The van der Waals surface area contributed by atoms with Crippen LogP contribution in [0.2, 0.25) is 0 Å². The molecule has 148 valence electrons. The third-order valence-electron chi connectivity index (χ3n) is 5.57. The molecule has 5 heteroatoms. The highest BCUT2D eigenvalue weighted by molar-refractivity contribution is 7.14. The smallest absolute Gasteiger partial charge is 0.203 e. The van der Waals surface area contributed by atoms with Crippen LogP contribution in [0.5, 0.6) is 5.75 Å². The Morgan fingerprint density at radius 1 is 0.839 bits per heavy atom. The largest absolute Gasteiger partial charge is 0.508 e. The van der Waals surface area contributed by atoms with Crippen LogP contribution in [0.4, 0.5) is 5.13 Å². The van der Waals surface area contributed by atoms with E-state index in [2.05, 4.69) is 70.1 Å². The average Bonchev–Trinajstić information content (AvgIpc) is 3.27. The maximum absolute atomic E-state index is 9.67. The molecule has 0 amide bonds. The number of benzene rings is 5. The van der Waals surface area contributed by atoms with Gasteiger partial charge in [0.1, 0.15) is 5.75 Å². The summed E-state index contributed by atoms with van der Waals surface area (Å²) >= 11 is 1.48. The Hall–Kier alpha value is -3.96. The van der Waals surface area contributed by atoms with E-state index < -0.39 is 0 Å². The SMILES string of the molecule is Oc1cccc(-c2csc(N/N=C/c3ccc4ccc5cccc6ccc3c4c56)n2)c1. The van der Waals surface area contributed by atoms with Crippen LogP contribution < -0.4 is 5.43 Å². The second kappa shape index (κ2) is 7.07. The Bertz CT molecular complexity index is 1570. The quantitative estimate of drug-likeness (QED) is 0.186. The van der Waals surface area contributed by atoms with Crippen LogP contribution >= 0.6 is 11.3 Å². The highest BCUT2D eigenvalue weighted by atomic mass is 32.1. The molecule has 1 aromatic heterocycles. The Morgan fingerprint density at radius 3 is 2.42 bits per heavy atom. The molecule has 0 radical (unpaired) electrons. The summed E-state index contributed by atoms with van der Waals surface area (Å²) < 4.78 is 0. The predicted octanol–water partition coefficient (Wildman–Crippen LogP) is 6.86. The molecule has 0 unspecified atom stereocenters. The van der Waals surface area contributed by atoms with Crippen LogP contribution in [0, 0.1) is 0 Å². The Balaban J connectivity index is 1.33. The van der Waals surface area contributed by atoms with Crippen molar-refractivity contribution in [2.45, 2.75) is 0 Å². The van der Waals surface area contributed by atoms with E-state index >= 15 is 0 Å². The standard InChI is InChI=1S/C26H17N3OS/c30-21-6-2-5-19(13-21)23-15-31-26(28-23)29-27-14-20-10-9-18-8-7-16-3-1-4-17-11-12-22(20)25(18)24(16)17/h1-15,30H,(H,28,29)/b27-14+. The predicted molar refractivity (Wildman–Crippen MR) is 131 cm³/mol. The zero-order valence-electron chi connectivity index (χ0n) is 16.4. The van der Waals surface area contributed by atoms with Gasteiger partial charge in [-0.3, -0.25) is 5.43 Å². The first-order chi connectivity index (χ1) is 15.3. The molecule has 6 aromatic rings. The number of nitrogens with one attached hydrogen (secondary N) is 1. The maximum Gasteiger partial charge on any atom is 0.203 e. The summed E-state index contributed by atoms with van der Waals surface area (Å²) in [5.74, 6) is 0.229. The van der Waals surface area contributed by atoms with E-state index in [0.717, 1.165) is 16.8 Å². The molecular formula is C26H17N3OS. The van der Waals surface area contributed by atoms with Gasteiger partial charge in [0.2, 0.25) is 5.13 Å². The van der Waals surface area contributed by atoms with Crippen LogP contribution in [0.25, 0.3) is 43.6 Å². The van der Waals surface area contributed by atoms with E-state index in [1.54, 1.807) is 12.1 Å². The summed E-state index contributed by atoms with van der Waals surface area (Å²) in [7, 11) is 0. The first-order valence-corrected chi connectivity index (χ1v) is 10.8. The molecule has 0 aliphatic carbocycles. The molecule has 0 bridgehead atoms. The van der Waals surface area contributed by atoms with Gasteiger partial charge in [-0.15, -0.1) is 11.3 Å². The molecular weight excluding hydrogens is 402 g/mol. The first kappa shape index (κ1) is 17.9. The molecule has 0 atom stereocenters. The third-order valence-corrected chi connectivity index (χ3v) is 6.32. The van der Waals surface area contributed by atoms with Gasteiger partial charge in [0.15, 0.2) is 0 Å². The van der Waals surface area contributed by atoms with Crippen molar-refractivity contribution < 1.29 is 5.11 Å². The van der Waals surface area contributed by atoms with E-state index in [9.17, 15) is 5.11 Å². The molecule has 0 aliphatic rings. The fraction of sp³-hybridized carbons (Fsp3) is 0. The maximum atomic E-state index is 9.67. The number of phenols is 1. The molecule has 6 rings (SSSR count). The molecule has 0 saturated carbocycles. The summed E-state index contributed by atoms with van der Waals surface area (Å²) in [4.78, 5) is 4.56. The number of nitrogens with zero attached hydrogens (tertiary/aromatic N) is 2. The Kier molecular flexibility index (Phi) is 4.08. The van der Waals surface area contributed by atoms with Crippen molar-refractivity contribution in [1.82, 2.24) is 4.98 Å². The zero-order chi connectivity index (χ0) is 20.8. The lowest BCUT2D eigenvalue weighted by molar-refractivity contribution is 0.475. The van der Waals surface area contributed by atoms with Crippen molar-refractivity contribution in [2.75, 3.05) is 5.43 Å². The molecule has 2 N–H and O–H groups in total. The average molecular weight is 420 g/mol. The van der Waals surface area contributed by atoms with Crippen molar-refractivity contribution in [3.63, 3.8) is 0 Å². The van der Waals surface area contributed by atoms with Crippen LogP contribution in [0.3, 0.4) is 0 Å². The summed E-state index contributed by atoms with van der Waals surface area (Å²) in [5.41, 5.74) is 5.78. The van der Waals surface area contributed by atoms with Gasteiger partial charge in [0.05, 0.1) is 11.9 Å².